The molecule has 7 rings (SSSR count). The zero-order valence-corrected chi connectivity index (χ0v) is 29.7. The summed E-state index contributed by atoms with van der Waals surface area (Å²) >= 11 is 0. The second-order valence-corrected chi connectivity index (χ2v) is 16.9. The number of rotatable bonds is 13. The van der Waals surface area contributed by atoms with E-state index in [2.05, 4.69) is 17.4 Å². The zero-order valence-electron chi connectivity index (χ0n) is 28.9. The van der Waals surface area contributed by atoms with Gasteiger partial charge in [0.2, 0.25) is 21.8 Å². The molecule has 2 amide bonds. The van der Waals surface area contributed by atoms with E-state index in [9.17, 15) is 18.0 Å². The van der Waals surface area contributed by atoms with Gasteiger partial charge in [-0.15, -0.1) is 0 Å². The van der Waals surface area contributed by atoms with Crippen LogP contribution in [0.1, 0.15) is 81.0 Å². The van der Waals surface area contributed by atoms with Crippen molar-refractivity contribution >= 4 is 27.5 Å². The summed E-state index contributed by atoms with van der Waals surface area (Å²) in [6, 6.07) is 24.5. The molecular formula is C40H51N3O4S. The number of nitrogens with one attached hydrogen (secondary N) is 1. The third-order valence-corrected chi connectivity index (χ3v) is 12.5. The van der Waals surface area contributed by atoms with Crippen LogP contribution in [-0.4, -0.2) is 50.0 Å². The Balaban J connectivity index is 1.31. The number of nitrogens with zero attached hydrogens (tertiary/aromatic N) is 2. The van der Waals surface area contributed by atoms with Crippen LogP contribution >= 0.6 is 0 Å². The molecular weight excluding hydrogens is 619 g/mol. The summed E-state index contributed by atoms with van der Waals surface area (Å²) in [7, 11) is -3.83. The Morgan fingerprint density at radius 3 is 2.02 bits per heavy atom. The molecule has 0 aromatic heterocycles. The van der Waals surface area contributed by atoms with E-state index in [1.165, 1.54) is 48.4 Å². The summed E-state index contributed by atoms with van der Waals surface area (Å²) in [6.07, 6.45) is 9.96. The molecule has 4 saturated carbocycles. The molecule has 2 atom stereocenters. The lowest BCUT2D eigenvalue weighted by Crippen LogP contribution is -2.54. The van der Waals surface area contributed by atoms with Crippen molar-refractivity contribution in [3.63, 3.8) is 0 Å². The van der Waals surface area contributed by atoms with Gasteiger partial charge in [0.1, 0.15) is 12.6 Å². The number of hydrogen-bond donors (Lipinski definition) is 1. The standard InChI is InChI=1S/C40H51N3O4S/c1-5-29(3)41-39(45)37(22-30-12-7-6-8-13-30)42(26-34-14-10-9-11-28(34)2)38(44)27-43(48(4,46)47)36-17-15-35(16-18-36)40-23-31-19-32(24-40)21-33(20-31)25-40/h6-18,29,31-33,37H,5,19-27H2,1-4H3,(H,41,45)/t29-,31?,32?,33?,37-,40?/m0/s1. The molecule has 0 heterocycles. The lowest BCUT2D eigenvalue weighted by atomic mass is 9.48. The number of benzene rings is 3. The van der Waals surface area contributed by atoms with Crippen LogP contribution in [0.15, 0.2) is 78.9 Å². The quantitative estimate of drug-likeness (QED) is 0.217. The second kappa shape index (κ2) is 14.1. The molecule has 0 spiro atoms. The largest absolute Gasteiger partial charge is 0.352 e. The first kappa shape index (κ1) is 34.2. The Kier molecular flexibility index (Phi) is 10.0. The van der Waals surface area contributed by atoms with Gasteiger partial charge in [-0.05, 0) is 116 Å². The maximum Gasteiger partial charge on any atom is 0.244 e. The van der Waals surface area contributed by atoms with Crippen molar-refractivity contribution in [3.05, 3.63) is 101 Å². The first-order chi connectivity index (χ1) is 22.9. The third kappa shape index (κ3) is 7.49. The Morgan fingerprint density at radius 1 is 0.875 bits per heavy atom. The first-order valence-corrected chi connectivity index (χ1v) is 19.6. The highest BCUT2D eigenvalue weighted by Crippen LogP contribution is 2.60. The van der Waals surface area contributed by atoms with Crippen LogP contribution in [0.4, 0.5) is 5.69 Å². The smallest absolute Gasteiger partial charge is 0.244 e. The molecule has 8 heteroatoms. The van der Waals surface area contributed by atoms with Crippen molar-refractivity contribution in [3.8, 4) is 0 Å². The topological polar surface area (TPSA) is 86.8 Å². The van der Waals surface area contributed by atoms with Crippen LogP contribution in [0.3, 0.4) is 0 Å². The minimum absolute atomic E-state index is 0.0776. The van der Waals surface area contributed by atoms with Crippen molar-refractivity contribution in [2.45, 2.75) is 96.2 Å². The van der Waals surface area contributed by atoms with Gasteiger partial charge < -0.3 is 10.2 Å². The van der Waals surface area contributed by atoms with Gasteiger partial charge in [0, 0.05) is 19.0 Å². The Bertz CT molecular complexity index is 1670. The molecule has 0 saturated heterocycles. The highest BCUT2D eigenvalue weighted by Gasteiger charge is 2.51. The summed E-state index contributed by atoms with van der Waals surface area (Å²) in [6.45, 7) is 5.72. The van der Waals surface area contributed by atoms with E-state index in [0.29, 0.717) is 12.1 Å². The van der Waals surface area contributed by atoms with Crippen LogP contribution in [0.2, 0.25) is 0 Å². The zero-order chi connectivity index (χ0) is 34.1. The summed E-state index contributed by atoms with van der Waals surface area (Å²) in [5.74, 6) is 1.75. The van der Waals surface area contributed by atoms with Gasteiger partial charge in [0.25, 0.3) is 0 Å². The number of anilines is 1. The summed E-state index contributed by atoms with van der Waals surface area (Å²) in [5.41, 5.74) is 4.79. The molecule has 0 radical (unpaired) electrons. The fraction of sp³-hybridized carbons (Fsp3) is 0.500. The molecule has 48 heavy (non-hydrogen) atoms. The predicted octanol–water partition coefficient (Wildman–Crippen LogP) is 6.78. The fourth-order valence-electron chi connectivity index (χ4n) is 9.03. The van der Waals surface area contributed by atoms with E-state index in [-0.39, 0.29) is 23.9 Å². The Labute approximate surface area is 287 Å². The second-order valence-electron chi connectivity index (χ2n) is 15.0. The van der Waals surface area contributed by atoms with Gasteiger partial charge in [-0.1, -0.05) is 73.7 Å². The van der Waals surface area contributed by atoms with Crippen LogP contribution < -0.4 is 9.62 Å². The van der Waals surface area contributed by atoms with Crippen LogP contribution in [0.5, 0.6) is 0 Å². The molecule has 0 unspecified atom stereocenters. The molecule has 4 aliphatic rings. The minimum Gasteiger partial charge on any atom is -0.352 e. The summed E-state index contributed by atoms with van der Waals surface area (Å²) in [4.78, 5) is 30.0. The highest BCUT2D eigenvalue weighted by molar-refractivity contribution is 7.92. The number of carbonyl (C=O) groups is 2. The maximum absolute atomic E-state index is 14.5. The molecule has 1 N–H and O–H groups in total. The van der Waals surface area contributed by atoms with Crippen LogP contribution in [-0.2, 0) is 38.0 Å². The summed E-state index contributed by atoms with van der Waals surface area (Å²) < 4.78 is 27.9. The number of carbonyl (C=O) groups excluding carboxylic acids is 2. The number of sulfonamides is 1. The Morgan fingerprint density at radius 2 is 1.46 bits per heavy atom. The van der Waals surface area contributed by atoms with Gasteiger partial charge in [-0.25, -0.2) is 8.42 Å². The van der Waals surface area contributed by atoms with Gasteiger partial charge in [-0.2, -0.15) is 0 Å². The lowest BCUT2D eigenvalue weighted by molar-refractivity contribution is -0.140. The number of aryl methyl sites for hydroxylation is 1. The average molecular weight is 670 g/mol. The van der Waals surface area contributed by atoms with E-state index in [4.69, 9.17) is 0 Å². The average Bonchev–Trinajstić information content (AvgIpc) is 3.05. The fourth-order valence-corrected chi connectivity index (χ4v) is 9.87. The third-order valence-electron chi connectivity index (χ3n) is 11.4. The molecule has 256 valence electrons. The summed E-state index contributed by atoms with van der Waals surface area (Å²) in [5, 5.41) is 3.10. The van der Waals surface area contributed by atoms with Gasteiger partial charge >= 0.3 is 0 Å². The van der Waals surface area contributed by atoms with E-state index in [1.54, 1.807) is 4.90 Å². The van der Waals surface area contributed by atoms with Crippen LogP contribution in [0.25, 0.3) is 0 Å². The molecule has 3 aromatic carbocycles. The van der Waals surface area contributed by atoms with Gasteiger partial charge in [-0.3, -0.25) is 13.9 Å². The van der Waals surface area contributed by atoms with E-state index < -0.39 is 28.5 Å². The normalized spacial score (nSPS) is 24.1. The maximum atomic E-state index is 14.5. The molecule has 4 fully saturated rings. The number of hydrogen-bond acceptors (Lipinski definition) is 4. The number of amides is 2. The predicted molar refractivity (Wildman–Crippen MR) is 192 cm³/mol. The van der Waals surface area contributed by atoms with Gasteiger partial charge in [0.05, 0.1) is 11.9 Å². The highest BCUT2D eigenvalue weighted by atomic mass is 32.2. The first-order valence-electron chi connectivity index (χ1n) is 17.7. The molecule has 0 aliphatic heterocycles. The van der Waals surface area contributed by atoms with E-state index in [0.717, 1.165) is 47.1 Å². The van der Waals surface area contributed by atoms with Crippen molar-refractivity contribution < 1.29 is 18.0 Å². The molecule has 7 nitrogen and oxygen atoms in total. The minimum atomic E-state index is -3.83. The van der Waals surface area contributed by atoms with Crippen LogP contribution in [0, 0.1) is 24.7 Å². The van der Waals surface area contributed by atoms with Crippen molar-refractivity contribution in [1.82, 2.24) is 10.2 Å². The van der Waals surface area contributed by atoms with Gasteiger partial charge in [0.15, 0.2) is 0 Å². The van der Waals surface area contributed by atoms with E-state index in [1.807, 2.05) is 87.5 Å². The molecule has 4 aliphatic carbocycles. The Hall–Kier alpha value is -3.65. The van der Waals surface area contributed by atoms with Crippen molar-refractivity contribution in [1.29, 1.82) is 0 Å². The van der Waals surface area contributed by atoms with E-state index >= 15 is 0 Å². The van der Waals surface area contributed by atoms with Crippen molar-refractivity contribution in [2.24, 2.45) is 17.8 Å². The monoisotopic (exact) mass is 669 g/mol. The molecule has 4 bridgehead atoms. The molecule has 3 aromatic rings. The van der Waals surface area contributed by atoms with Crippen molar-refractivity contribution in [2.75, 3.05) is 17.1 Å². The SMILES string of the molecule is CC[C@H](C)NC(=O)[C@H](Cc1ccccc1)N(Cc1ccccc1C)C(=O)CN(c1ccc(C23CC4CC(CC(C4)C2)C3)cc1)S(C)(=O)=O. The lowest BCUT2D eigenvalue weighted by Gasteiger charge is -2.57.